The Bertz CT molecular complexity index is 605. The molecule has 112 valence electrons. The Labute approximate surface area is 125 Å². The number of aromatic nitrogens is 2. The number of fused-ring (bicyclic) bond motifs is 1. The van der Waals surface area contributed by atoms with Gasteiger partial charge in [-0.25, -0.2) is 0 Å². The number of hydrogen-bond acceptors (Lipinski definition) is 4. The minimum atomic E-state index is -0.0137. The van der Waals surface area contributed by atoms with Crippen molar-refractivity contribution < 1.29 is 4.79 Å². The number of hydrogen-bond donors (Lipinski definition) is 1. The van der Waals surface area contributed by atoms with Crippen LogP contribution in [0.15, 0.2) is 30.6 Å². The normalized spacial score (nSPS) is 11.0. The van der Waals surface area contributed by atoms with E-state index in [1.165, 1.54) is 0 Å². The standard InChI is InChI=1S/C16H22N4O/c1-3-12(4-2)20(11-8-17)16(21)13-6-5-7-14-15(13)19-10-9-18-14/h5-7,9-10,12H,3-4,8,11,17H2,1-2H3. The van der Waals surface area contributed by atoms with Crippen LogP contribution in [0.5, 0.6) is 0 Å². The Morgan fingerprint density at radius 2 is 1.95 bits per heavy atom. The first-order valence-corrected chi connectivity index (χ1v) is 7.43. The molecule has 0 aliphatic heterocycles. The van der Waals surface area contributed by atoms with Gasteiger partial charge in [-0.15, -0.1) is 0 Å². The van der Waals surface area contributed by atoms with Gasteiger partial charge in [0.15, 0.2) is 0 Å². The molecular formula is C16H22N4O. The van der Waals surface area contributed by atoms with Gasteiger partial charge < -0.3 is 10.6 Å². The fourth-order valence-electron chi connectivity index (χ4n) is 2.64. The van der Waals surface area contributed by atoms with Crippen LogP contribution in [0.4, 0.5) is 0 Å². The smallest absolute Gasteiger partial charge is 0.256 e. The van der Waals surface area contributed by atoms with Crippen molar-refractivity contribution in [3.63, 3.8) is 0 Å². The summed E-state index contributed by atoms with van der Waals surface area (Å²) in [7, 11) is 0. The number of amides is 1. The van der Waals surface area contributed by atoms with Crippen molar-refractivity contribution in [2.75, 3.05) is 13.1 Å². The van der Waals surface area contributed by atoms with Crippen LogP contribution >= 0.6 is 0 Å². The van der Waals surface area contributed by atoms with E-state index < -0.39 is 0 Å². The number of nitrogens with zero attached hydrogens (tertiary/aromatic N) is 3. The van der Waals surface area contributed by atoms with Crippen LogP contribution in [-0.4, -0.2) is 39.9 Å². The van der Waals surface area contributed by atoms with E-state index in [4.69, 9.17) is 5.73 Å². The maximum atomic E-state index is 12.9. The molecule has 2 rings (SSSR count). The van der Waals surface area contributed by atoms with Crippen molar-refractivity contribution in [3.05, 3.63) is 36.2 Å². The van der Waals surface area contributed by atoms with Gasteiger partial charge in [-0.1, -0.05) is 19.9 Å². The highest BCUT2D eigenvalue weighted by Gasteiger charge is 2.23. The molecule has 5 nitrogen and oxygen atoms in total. The lowest BCUT2D eigenvalue weighted by atomic mass is 10.1. The topological polar surface area (TPSA) is 72.1 Å². The van der Waals surface area contributed by atoms with Crippen LogP contribution in [0.25, 0.3) is 11.0 Å². The van der Waals surface area contributed by atoms with E-state index in [0.717, 1.165) is 18.4 Å². The molecule has 1 aromatic heterocycles. The average molecular weight is 286 g/mol. The van der Waals surface area contributed by atoms with Crippen molar-refractivity contribution in [3.8, 4) is 0 Å². The number of nitrogens with two attached hydrogens (primary N) is 1. The summed E-state index contributed by atoms with van der Waals surface area (Å²) in [5.74, 6) is -0.0137. The lowest BCUT2D eigenvalue weighted by Gasteiger charge is -2.30. The lowest BCUT2D eigenvalue weighted by Crippen LogP contribution is -2.42. The molecule has 21 heavy (non-hydrogen) atoms. The molecule has 0 atom stereocenters. The zero-order chi connectivity index (χ0) is 15.2. The molecule has 2 N–H and O–H groups in total. The van der Waals surface area contributed by atoms with Crippen LogP contribution in [0.1, 0.15) is 37.0 Å². The van der Waals surface area contributed by atoms with Gasteiger partial charge in [0.25, 0.3) is 5.91 Å². The van der Waals surface area contributed by atoms with Gasteiger partial charge in [-0.05, 0) is 25.0 Å². The Hall–Kier alpha value is -2.01. The zero-order valence-corrected chi connectivity index (χ0v) is 12.6. The molecule has 1 heterocycles. The number of rotatable bonds is 6. The summed E-state index contributed by atoms with van der Waals surface area (Å²) >= 11 is 0. The van der Waals surface area contributed by atoms with Gasteiger partial charge in [0.05, 0.1) is 11.1 Å². The van der Waals surface area contributed by atoms with E-state index in [1.807, 2.05) is 23.1 Å². The molecule has 1 amide bonds. The number of carbonyl (C=O) groups excluding carboxylic acids is 1. The Balaban J connectivity index is 2.43. The predicted octanol–water partition coefficient (Wildman–Crippen LogP) is 2.22. The van der Waals surface area contributed by atoms with Crippen LogP contribution in [0, 0.1) is 0 Å². The summed E-state index contributed by atoms with van der Waals surface area (Å²) < 4.78 is 0. The number of para-hydroxylation sites is 1. The third-order valence-electron chi connectivity index (χ3n) is 3.74. The van der Waals surface area contributed by atoms with Crippen molar-refractivity contribution in [2.45, 2.75) is 32.7 Å². The van der Waals surface area contributed by atoms with Gasteiger partial charge in [-0.2, -0.15) is 0 Å². The second kappa shape index (κ2) is 7.13. The minimum Gasteiger partial charge on any atom is -0.334 e. The minimum absolute atomic E-state index is 0.0137. The summed E-state index contributed by atoms with van der Waals surface area (Å²) in [5.41, 5.74) is 7.67. The first-order valence-electron chi connectivity index (χ1n) is 7.43. The van der Waals surface area contributed by atoms with Gasteiger partial charge in [-0.3, -0.25) is 14.8 Å². The van der Waals surface area contributed by atoms with E-state index in [0.29, 0.717) is 24.2 Å². The highest BCUT2D eigenvalue weighted by atomic mass is 16.2. The summed E-state index contributed by atoms with van der Waals surface area (Å²) in [6.45, 7) is 5.20. The second-order valence-corrected chi connectivity index (χ2v) is 4.99. The van der Waals surface area contributed by atoms with Gasteiger partial charge in [0, 0.05) is 31.5 Å². The van der Waals surface area contributed by atoms with Crippen LogP contribution in [0.3, 0.4) is 0 Å². The van der Waals surface area contributed by atoms with Crippen LogP contribution in [-0.2, 0) is 0 Å². The molecule has 0 unspecified atom stereocenters. The lowest BCUT2D eigenvalue weighted by molar-refractivity contribution is 0.0676. The van der Waals surface area contributed by atoms with Gasteiger partial charge in [0.2, 0.25) is 0 Å². The molecule has 0 fully saturated rings. The molecule has 0 aliphatic rings. The molecule has 0 radical (unpaired) electrons. The van der Waals surface area contributed by atoms with Gasteiger partial charge in [0.1, 0.15) is 5.52 Å². The van der Waals surface area contributed by atoms with Gasteiger partial charge >= 0.3 is 0 Å². The Morgan fingerprint density at radius 1 is 1.24 bits per heavy atom. The number of carbonyl (C=O) groups is 1. The Kier molecular flexibility index (Phi) is 5.22. The molecule has 0 saturated heterocycles. The van der Waals surface area contributed by atoms with E-state index in [2.05, 4.69) is 23.8 Å². The first kappa shape index (κ1) is 15.4. The van der Waals surface area contributed by atoms with E-state index in [-0.39, 0.29) is 11.9 Å². The highest BCUT2D eigenvalue weighted by Crippen LogP contribution is 2.19. The van der Waals surface area contributed by atoms with Crippen LogP contribution in [0.2, 0.25) is 0 Å². The zero-order valence-electron chi connectivity index (χ0n) is 12.6. The monoisotopic (exact) mass is 286 g/mol. The van der Waals surface area contributed by atoms with Crippen molar-refractivity contribution in [2.24, 2.45) is 5.73 Å². The third-order valence-corrected chi connectivity index (χ3v) is 3.74. The van der Waals surface area contributed by atoms with Crippen molar-refractivity contribution >= 4 is 16.9 Å². The molecule has 0 bridgehead atoms. The van der Waals surface area contributed by atoms with E-state index >= 15 is 0 Å². The molecule has 5 heteroatoms. The molecule has 0 saturated carbocycles. The largest absolute Gasteiger partial charge is 0.334 e. The Morgan fingerprint density at radius 3 is 2.62 bits per heavy atom. The van der Waals surface area contributed by atoms with Crippen molar-refractivity contribution in [1.29, 1.82) is 0 Å². The molecule has 1 aromatic carbocycles. The maximum Gasteiger partial charge on any atom is 0.256 e. The summed E-state index contributed by atoms with van der Waals surface area (Å²) in [4.78, 5) is 23.3. The highest BCUT2D eigenvalue weighted by molar-refractivity contribution is 6.04. The molecule has 0 aliphatic carbocycles. The molecular weight excluding hydrogens is 264 g/mol. The fraction of sp³-hybridized carbons (Fsp3) is 0.438. The predicted molar refractivity (Wildman–Crippen MR) is 84.0 cm³/mol. The van der Waals surface area contributed by atoms with E-state index in [1.54, 1.807) is 12.4 Å². The van der Waals surface area contributed by atoms with Crippen molar-refractivity contribution in [1.82, 2.24) is 14.9 Å². The summed E-state index contributed by atoms with van der Waals surface area (Å²) in [6.07, 6.45) is 5.08. The number of benzene rings is 1. The second-order valence-electron chi connectivity index (χ2n) is 4.99. The molecule has 2 aromatic rings. The molecule has 0 spiro atoms. The maximum absolute atomic E-state index is 12.9. The fourth-order valence-corrected chi connectivity index (χ4v) is 2.64. The van der Waals surface area contributed by atoms with Crippen LogP contribution < -0.4 is 5.73 Å². The first-order chi connectivity index (χ1) is 10.2. The SMILES string of the molecule is CCC(CC)N(CCN)C(=O)c1cccc2nccnc12. The van der Waals surface area contributed by atoms with E-state index in [9.17, 15) is 4.79 Å². The quantitative estimate of drug-likeness (QED) is 0.883. The third kappa shape index (κ3) is 3.19. The summed E-state index contributed by atoms with van der Waals surface area (Å²) in [5, 5.41) is 0. The summed E-state index contributed by atoms with van der Waals surface area (Å²) in [6, 6.07) is 5.72. The average Bonchev–Trinajstić information content (AvgIpc) is 2.54.